The third-order valence-corrected chi connectivity index (χ3v) is 5.50. The summed E-state index contributed by atoms with van der Waals surface area (Å²) in [5, 5.41) is 3.12. The monoisotopic (exact) mass is 378 g/mol. The first-order chi connectivity index (χ1) is 13.3. The van der Waals surface area contributed by atoms with Gasteiger partial charge < -0.3 is 10.2 Å². The van der Waals surface area contributed by atoms with Gasteiger partial charge in [-0.3, -0.25) is 9.59 Å². The van der Waals surface area contributed by atoms with Crippen molar-refractivity contribution in [2.75, 3.05) is 13.1 Å². The van der Waals surface area contributed by atoms with Crippen molar-refractivity contribution in [3.05, 3.63) is 70.8 Å². The summed E-state index contributed by atoms with van der Waals surface area (Å²) in [7, 11) is 0. The first kappa shape index (κ1) is 20.1. The van der Waals surface area contributed by atoms with Gasteiger partial charge in [0.15, 0.2) is 0 Å². The van der Waals surface area contributed by atoms with E-state index in [0.29, 0.717) is 13.1 Å². The highest BCUT2D eigenvalue weighted by Crippen LogP contribution is 2.23. The highest BCUT2D eigenvalue weighted by molar-refractivity contribution is 5.96. The van der Waals surface area contributed by atoms with Crippen LogP contribution in [0.5, 0.6) is 0 Å². The molecule has 0 radical (unpaired) electrons. The fourth-order valence-corrected chi connectivity index (χ4v) is 3.61. The van der Waals surface area contributed by atoms with E-state index >= 15 is 0 Å². The standard InChI is InChI=1S/C24H30N2O2/c1-17-7-5-6-8-21(17)22(27)25-20-13-15-26(16-14-20)23(28)18-9-11-19(12-10-18)24(2,3)4/h5-12,20H,13-16H2,1-4H3,(H,25,27). The predicted octanol–water partition coefficient (Wildman–Crippen LogP) is 4.33. The van der Waals surface area contributed by atoms with Gasteiger partial charge in [-0.25, -0.2) is 0 Å². The van der Waals surface area contributed by atoms with Crippen molar-refractivity contribution in [3.8, 4) is 0 Å². The number of carbonyl (C=O) groups excluding carboxylic acids is 2. The van der Waals surface area contributed by atoms with Crippen LogP contribution in [0.2, 0.25) is 0 Å². The largest absolute Gasteiger partial charge is 0.349 e. The van der Waals surface area contributed by atoms with Gasteiger partial charge >= 0.3 is 0 Å². The Kier molecular flexibility index (Phi) is 5.87. The topological polar surface area (TPSA) is 49.4 Å². The van der Waals surface area contributed by atoms with Gasteiger partial charge in [-0.05, 0) is 54.5 Å². The summed E-state index contributed by atoms with van der Waals surface area (Å²) in [4.78, 5) is 27.2. The Morgan fingerprint density at radius 3 is 2.14 bits per heavy atom. The van der Waals surface area contributed by atoms with E-state index in [-0.39, 0.29) is 23.3 Å². The number of piperidine rings is 1. The van der Waals surface area contributed by atoms with E-state index in [2.05, 4.69) is 26.1 Å². The number of carbonyl (C=O) groups is 2. The molecule has 3 rings (SSSR count). The summed E-state index contributed by atoms with van der Waals surface area (Å²) >= 11 is 0. The average Bonchev–Trinajstić information content (AvgIpc) is 2.68. The third-order valence-electron chi connectivity index (χ3n) is 5.50. The highest BCUT2D eigenvalue weighted by Gasteiger charge is 2.25. The SMILES string of the molecule is Cc1ccccc1C(=O)NC1CCN(C(=O)c2ccc(C(C)(C)C)cc2)CC1. The van der Waals surface area contributed by atoms with Crippen LogP contribution in [0.1, 0.15) is 65.5 Å². The van der Waals surface area contributed by atoms with E-state index in [9.17, 15) is 9.59 Å². The quantitative estimate of drug-likeness (QED) is 0.864. The van der Waals surface area contributed by atoms with Crippen LogP contribution in [-0.2, 0) is 5.41 Å². The minimum atomic E-state index is -0.0272. The second-order valence-electron chi connectivity index (χ2n) is 8.68. The number of benzene rings is 2. The van der Waals surface area contributed by atoms with Crippen LogP contribution in [0.15, 0.2) is 48.5 Å². The molecule has 0 bridgehead atoms. The molecule has 1 aliphatic heterocycles. The van der Waals surface area contributed by atoms with Crippen molar-refractivity contribution in [2.24, 2.45) is 0 Å². The van der Waals surface area contributed by atoms with Crippen molar-refractivity contribution in [1.82, 2.24) is 10.2 Å². The van der Waals surface area contributed by atoms with E-state index in [1.807, 2.05) is 60.4 Å². The summed E-state index contributed by atoms with van der Waals surface area (Å²) in [6.45, 7) is 9.78. The van der Waals surface area contributed by atoms with E-state index in [0.717, 1.165) is 29.5 Å². The Morgan fingerprint density at radius 2 is 1.57 bits per heavy atom. The number of likely N-dealkylation sites (tertiary alicyclic amines) is 1. The molecule has 2 aromatic rings. The van der Waals surface area contributed by atoms with Crippen LogP contribution in [0, 0.1) is 6.92 Å². The van der Waals surface area contributed by atoms with Crippen LogP contribution in [0.4, 0.5) is 0 Å². The summed E-state index contributed by atoms with van der Waals surface area (Å²) in [5.74, 6) is 0.0461. The third kappa shape index (κ3) is 4.61. The molecule has 1 saturated heterocycles. The Balaban J connectivity index is 1.55. The molecular weight excluding hydrogens is 348 g/mol. The molecule has 1 fully saturated rings. The zero-order valence-electron chi connectivity index (χ0n) is 17.3. The number of nitrogens with one attached hydrogen (secondary N) is 1. The molecular formula is C24H30N2O2. The van der Waals surface area contributed by atoms with Gasteiger partial charge in [0, 0.05) is 30.3 Å². The second-order valence-corrected chi connectivity index (χ2v) is 8.68. The lowest BCUT2D eigenvalue weighted by atomic mass is 9.86. The normalized spacial score (nSPS) is 15.4. The van der Waals surface area contributed by atoms with Gasteiger partial charge in [-0.15, -0.1) is 0 Å². The van der Waals surface area contributed by atoms with Crippen LogP contribution >= 0.6 is 0 Å². The fraction of sp³-hybridized carbons (Fsp3) is 0.417. The first-order valence-corrected chi connectivity index (χ1v) is 10.0. The van der Waals surface area contributed by atoms with Gasteiger partial charge in [-0.2, -0.15) is 0 Å². The van der Waals surface area contributed by atoms with Crippen molar-refractivity contribution in [3.63, 3.8) is 0 Å². The fourth-order valence-electron chi connectivity index (χ4n) is 3.61. The lowest BCUT2D eigenvalue weighted by molar-refractivity contribution is 0.0698. The molecule has 28 heavy (non-hydrogen) atoms. The lowest BCUT2D eigenvalue weighted by Crippen LogP contribution is -2.46. The summed E-state index contributed by atoms with van der Waals surface area (Å²) in [6, 6.07) is 15.7. The molecule has 0 saturated carbocycles. The Labute approximate surface area is 167 Å². The number of rotatable bonds is 3. The molecule has 0 aliphatic carbocycles. The van der Waals surface area contributed by atoms with Crippen molar-refractivity contribution >= 4 is 11.8 Å². The van der Waals surface area contributed by atoms with E-state index in [1.54, 1.807) is 0 Å². The van der Waals surface area contributed by atoms with E-state index < -0.39 is 0 Å². The molecule has 1 heterocycles. The van der Waals surface area contributed by atoms with Gasteiger partial charge in [0.05, 0.1) is 0 Å². The second kappa shape index (κ2) is 8.17. The summed E-state index contributed by atoms with van der Waals surface area (Å²) in [6.07, 6.45) is 1.56. The van der Waals surface area contributed by atoms with Gasteiger partial charge in [0.2, 0.25) is 0 Å². The van der Waals surface area contributed by atoms with Crippen molar-refractivity contribution < 1.29 is 9.59 Å². The summed E-state index contributed by atoms with van der Waals surface area (Å²) in [5.41, 5.74) is 3.73. The van der Waals surface area contributed by atoms with Gasteiger partial charge in [0.25, 0.3) is 11.8 Å². The smallest absolute Gasteiger partial charge is 0.253 e. The molecule has 2 aromatic carbocycles. The minimum Gasteiger partial charge on any atom is -0.349 e. The molecule has 4 nitrogen and oxygen atoms in total. The van der Waals surface area contributed by atoms with Gasteiger partial charge in [0.1, 0.15) is 0 Å². The van der Waals surface area contributed by atoms with E-state index in [4.69, 9.17) is 0 Å². The number of aryl methyl sites for hydroxylation is 1. The maximum absolute atomic E-state index is 12.8. The van der Waals surface area contributed by atoms with Crippen LogP contribution in [-0.4, -0.2) is 35.8 Å². The molecule has 0 spiro atoms. The predicted molar refractivity (Wildman–Crippen MR) is 113 cm³/mol. The van der Waals surface area contributed by atoms with E-state index in [1.165, 1.54) is 5.56 Å². The molecule has 2 amide bonds. The Morgan fingerprint density at radius 1 is 0.964 bits per heavy atom. The number of amides is 2. The van der Waals surface area contributed by atoms with Crippen molar-refractivity contribution in [1.29, 1.82) is 0 Å². The highest BCUT2D eigenvalue weighted by atomic mass is 16.2. The molecule has 1 aliphatic rings. The van der Waals surface area contributed by atoms with Gasteiger partial charge in [-0.1, -0.05) is 51.1 Å². The molecule has 0 unspecified atom stereocenters. The zero-order chi connectivity index (χ0) is 20.3. The molecule has 4 heteroatoms. The maximum Gasteiger partial charge on any atom is 0.253 e. The molecule has 0 aromatic heterocycles. The minimum absolute atomic E-state index is 0.0272. The number of hydrogen-bond acceptors (Lipinski definition) is 2. The number of nitrogens with zero attached hydrogens (tertiary/aromatic N) is 1. The van der Waals surface area contributed by atoms with Crippen LogP contribution in [0.3, 0.4) is 0 Å². The van der Waals surface area contributed by atoms with Crippen LogP contribution in [0.25, 0.3) is 0 Å². The maximum atomic E-state index is 12.8. The van der Waals surface area contributed by atoms with Crippen molar-refractivity contribution in [2.45, 2.75) is 52.0 Å². The first-order valence-electron chi connectivity index (χ1n) is 10.0. The molecule has 1 N–H and O–H groups in total. The Bertz CT molecular complexity index is 842. The zero-order valence-corrected chi connectivity index (χ0v) is 17.3. The van der Waals surface area contributed by atoms with Crippen LogP contribution < -0.4 is 5.32 Å². The molecule has 148 valence electrons. The lowest BCUT2D eigenvalue weighted by Gasteiger charge is -2.32. The average molecular weight is 379 g/mol. The summed E-state index contributed by atoms with van der Waals surface area (Å²) < 4.78 is 0. The Hall–Kier alpha value is -2.62. The number of hydrogen-bond donors (Lipinski definition) is 1. The molecule has 0 atom stereocenters.